The number of carbonyl (C=O) groups excluding carboxylic acids is 4. The van der Waals surface area contributed by atoms with E-state index in [0.717, 1.165) is 37.4 Å². The van der Waals surface area contributed by atoms with Crippen molar-refractivity contribution in [2.75, 3.05) is 27.3 Å². The van der Waals surface area contributed by atoms with Crippen LogP contribution in [0.4, 0.5) is 40.3 Å². The fourth-order valence-corrected chi connectivity index (χ4v) is 4.17. The van der Waals surface area contributed by atoms with Crippen LogP contribution in [-0.2, 0) is 25.6 Å². The number of nitrogens with one attached hydrogen (secondary N) is 4. The summed E-state index contributed by atoms with van der Waals surface area (Å²) in [4.78, 5) is 52.7. The Kier molecular flexibility index (Phi) is 16.1. The molecule has 1 rings (SSSR count). The average molecular weight is 746 g/mol. The third kappa shape index (κ3) is 13.5. The van der Waals surface area contributed by atoms with Gasteiger partial charge in [-0.1, -0.05) is 20.8 Å². The van der Waals surface area contributed by atoms with E-state index in [-0.39, 0.29) is 11.3 Å². The lowest BCUT2D eigenvalue weighted by molar-refractivity contribution is -0.220. The molecule has 0 bridgehead atoms. The molecule has 0 aliphatic rings. The maximum atomic E-state index is 15.3. The summed E-state index contributed by atoms with van der Waals surface area (Å²) in [5.74, 6) is -4.81. The van der Waals surface area contributed by atoms with Gasteiger partial charge in [-0.25, -0.2) is 28.4 Å². The minimum Gasteiger partial charge on any atom is -0.453 e. The third-order valence-electron chi connectivity index (χ3n) is 7.23. The lowest BCUT2D eigenvalue weighted by Crippen LogP contribution is -2.60. The smallest absolute Gasteiger partial charge is 0.407 e. The van der Waals surface area contributed by atoms with Crippen molar-refractivity contribution in [1.82, 2.24) is 26.4 Å². The molecule has 0 saturated carbocycles. The Balaban J connectivity index is 3.44. The van der Waals surface area contributed by atoms with Gasteiger partial charge in [-0.05, 0) is 37.5 Å². The van der Waals surface area contributed by atoms with Crippen LogP contribution >= 0.6 is 0 Å². The number of amides is 4. The van der Waals surface area contributed by atoms with E-state index in [1.165, 1.54) is 0 Å². The number of hydrogen-bond donors (Lipinski definition) is 6. The molecule has 4 amide bonds. The fourth-order valence-electron chi connectivity index (χ4n) is 4.17. The molecule has 1 aromatic rings. The number of allylic oxidation sites excluding steroid dienone is 1. The van der Waals surface area contributed by atoms with Gasteiger partial charge in [0, 0.05) is 42.7 Å². The number of rotatable bonds is 15. The number of methoxy groups -OCH3 is 2. The number of alkyl carbamates (subject to hydrolysis) is 2. The molecule has 0 aromatic heterocycles. The molecule has 0 aliphatic carbocycles. The SMILES string of the molecule is COC(=O)NC(C(=O)NC[C@@H](O)CN(Cc1c(F)cc(C(N)=CC=NC(F)F)cc1F)NC(=O)[C@@H](NC(=O)OC)C(C)(C)C)C(C)(C)C(F)(F)F. The zero-order chi connectivity index (χ0) is 39.5. The van der Waals surface area contributed by atoms with E-state index in [1.54, 1.807) is 26.1 Å². The maximum absolute atomic E-state index is 15.3. The number of alkyl halides is 5. The first-order chi connectivity index (χ1) is 23.3. The molecule has 0 heterocycles. The lowest BCUT2D eigenvalue weighted by atomic mass is 9.83. The van der Waals surface area contributed by atoms with Crippen molar-refractivity contribution in [3.63, 3.8) is 0 Å². The Labute approximate surface area is 288 Å². The second-order valence-corrected chi connectivity index (χ2v) is 12.6. The first kappa shape index (κ1) is 44.4. The van der Waals surface area contributed by atoms with Gasteiger partial charge >= 0.3 is 24.9 Å². The number of benzene rings is 1. The van der Waals surface area contributed by atoms with E-state index in [0.29, 0.717) is 20.1 Å². The van der Waals surface area contributed by atoms with Gasteiger partial charge in [-0.3, -0.25) is 15.0 Å². The molecule has 1 aromatic carbocycles. The van der Waals surface area contributed by atoms with E-state index >= 15 is 8.78 Å². The molecule has 3 atom stereocenters. The average Bonchev–Trinajstić information content (AvgIpc) is 3.00. The number of hydrogen-bond acceptors (Lipinski definition) is 10. The van der Waals surface area contributed by atoms with E-state index < -0.39 is 103 Å². The van der Waals surface area contributed by atoms with Gasteiger partial charge in [-0.15, -0.1) is 0 Å². The largest absolute Gasteiger partial charge is 0.453 e. The van der Waals surface area contributed by atoms with Crippen molar-refractivity contribution in [1.29, 1.82) is 0 Å². The van der Waals surface area contributed by atoms with Gasteiger partial charge in [-0.2, -0.15) is 22.0 Å². The van der Waals surface area contributed by atoms with Crippen molar-refractivity contribution in [3.05, 3.63) is 41.0 Å². The van der Waals surface area contributed by atoms with Crippen molar-refractivity contribution in [3.8, 4) is 0 Å². The van der Waals surface area contributed by atoms with Gasteiger partial charge in [0.25, 0.3) is 5.91 Å². The summed E-state index contributed by atoms with van der Waals surface area (Å²) in [6.07, 6.45) is -7.60. The summed E-state index contributed by atoms with van der Waals surface area (Å²) >= 11 is 0. The lowest BCUT2D eigenvalue weighted by Gasteiger charge is -2.35. The topological polar surface area (TPSA) is 197 Å². The van der Waals surface area contributed by atoms with Crippen molar-refractivity contribution in [2.45, 2.75) is 72.1 Å². The van der Waals surface area contributed by atoms with Crippen LogP contribution in [0.2, 0.25) is 0 Å². The molecule has 1 unspecified atom stereocenters. The number of aliphatic imine (C=N–C) groups is 1. The molecule has 14 nitrogen and oxygen atoms in total. The highest BCUT2D eigenvalue weighted by Crippen LogP contribution is 2.40. The highest BCUT2D eigenvalue weighted by molar-refractivity contribution is 5.87. The van der Waals surface area contributed by atoms with Gasteiger partial charge < -0.3 is 36.3 Å². The zero-order valence-electron chi connectivity index (χ0n) is 28.8. The summed E-state index contributed by atoms with van der Waals surface area (Å²) in [6.45, 7) is 0.557. The van der Waals surface area contributed by atoms with Crippen molar-refractivity contribution < 1.29 is 64.5 Å². The van der Waals surface area contributed by atoms with Crippen LogP contribution in [0.1, 0.15) is 45.7 Å². The predicted octanol–water partition coefficient (Wildman–Crippen LogP) is 2.95. The number of hydrazine groups is 1. The quantitative estimate of drug-likeness (QED) is 0.0677. The first-order valence-electron chi connectivity index (χ1n) is 14.9. The molecule has 0 aliphatic heterocycles. The van der Waals surface area contributed by atoms with Gasteiger partial charge in [0.15, 0.2) is 0 Å². The molecule has 7 N–H and O–H groups in total. The zero-order valence-corrected chi connectivity index (χ0v) is 28.8. The summed E-state index contributed by atoms with van der Waals surface area (Å²) in [7, 11) is 1.90. The second-order valence-electron chi connectivity index (χ2n) is 12.6. The predicted molar refractivity (Wildman–Crippen MR) is 169 cm³/mol. The highest BCUT2D eigenvalue weighted by Gasteiger charge is 2.55. The molecule has 0 spiro atoms. The normalized spacial score (nSPS) is 14.6. The standard InChI is InChI=1S/C30H42F7N7O7/c1-28(2,3)21(41-26(48)50-6)24(47)43-44(14-17-18(31)10-15(11-19(17)32)20(38)8-9-39-25(33)34)13-16(45)12-40-23(46)22(42-27(49)51-7)29(4,5)30(35,36)37/h8-11,16,21-22,25,45H,12-14,38H2,1-7H3,(H,40,46)(H,41,48)(H,42,49)(H,43,47)/t16-,21-,22?/m1/s1. The minimum absolute atomic E-state index is 0.264. The van der Waals surface area contributed by atoms with Gasteiger partial charge in [0.05, 0.1) is 25.7 Å². The van der Waals surface area contributed by atoms with Crippen LogP contribution in [-0.4, -0.2) is 98.6 Å². The molecule has 288 valence electrons. The summed E-state index contributed by atoms with van der Waals surface area (Å²) in [6, 6.07) is -2.07. The van der Waals surface area contributed by atoms with E-state index in [9.17, 15) is 46.2 Å². The van der Waals surface area contributed by atoms with Crippen LogP contribution in [0.3, 0.4) is 0 Å². The minimum atomic E-state index is -5.00. The fraction of sp³-hybridized carbons (Fsp3) is 0.567. The molecular formula is C30H42F7N7O7. The Bertz CT molecular complexity index is 1430. The highest BCUT2D eigenvalue weighted by atomic mass is 19.4. The first-order valence-corrected chi connectivity index (χ1v) is 14.9. The molecule has 51 heavy (non-hydrogen) atoms. The van der Waals surface area contributed by atoms with Crippen molar-refractivity contribution >= 4 is 35.9 Å². The van der Waals surface area contributed by atoms with Crippen LogP contribution in [0, 0.1) is 22.5 Å². The van der Waals surface area contributed by atoms with E-state index in [1.807, 2.05) is 0 Å². The van der Waals surface area contributed by atoms with Crippen molar-refractivity contribution in [2.24, 2.45) is 21.6 Å². The third-order valence-corrected chi connectivity index (χ3v) is 7.23. The Morgan fingerprint density at radius 1 is 0.941 bits per heavy atom. The number of aliphatic hydroxyl groups is 1. The Hall–Kier alpha value is -4.66. The molecule has 0 radical (unpaired) electrons. The second kappa shape index (κ2) is 18.5. The molecule has 21 heteroatoms. The Morgan fingerprint density at radius 3 is 1.90 bits per heavy atom. The summed E-state index contributed by atoms with van der Waals surface area (Å²) < 4.78 is 105. The number of carbonyl (C=O) groups is 4. The van der Waals surface area contributed by atoms with Crippen LogP contribution in [0.5, 0.6) is 0 Å². The molecular weight excluding hydrogens is 703 g/mol. The monoisotopic (exact) mass is 745 g/mol. The van der Waals surface area contributed by atoms with E-state index in [2.05, 4.69) is 30.5 Å². The summed E-state index contributed by atoms with van der Waals surface area (Å²) in [5.41, 5.74) is 2.91. The number of halogens is 7. The van der Waals surface area contributed by atoms with Crippen LogP contribution in [0.25, 0.3) is 5.70 Å². The number of nitrogens with zero attached hydrogens (tertiary/aromatic N) is 2. The molecule has 0 fully saturated rings. The summed E-state index contributed by atoms with van der Waals surface area (Å²) in [5, 5.41) is 17.8. The molecule has 0 saturated heterocycles. The maximum Gasteiger partial charge on any atom is 0.407 e. The number of ether oxygens (including phenoxy) is 2. The Morgan fingerprint density at radius 2 is 1.45 bits per heavy atom. The van der Waals surface area contributed by atoms with Gasteiger partial charge in [0.1, 0.15) is 23.7 Å². The number of aliphatic hydroxyl groups excluding tert-OH is 1. The van der Waals surface area contributed by atoms with Crippen LogP contribution in [0.15, 0.2) is 23.2 Å². The van der Waals surface area contributed by atoms with Gasteiger partial charge in [0.2, 0.25) is 5.91 Å². The van der Waals surface area contributed by atoms with Crippen LogP contribution < -0.4 is 27.1 Å². The number of nitrogens with two attached hydrogens (primary N) is 1. The van der Waals surface area contributed by atoms with E-state index in [4.69, 9.17) is 5.73 Å².